The molecule has 2 rings (SSSR count). The van der Waals surface area contributed by atoms with Gasteiger partial charge in [-0.2, -0.15) is 0 Å². The number of rotatable bonds is 2. The van der Waals surface area contributed by atoms with Crippen molar-refractivity contribution in [2.45, 2.75) is 6.42 Å². The number of hydrogen-bond donors (Lipinski definition) is 1. The highest BCUT2D eigenvalue weighted by molar-refractivity contribution is 6.00. The van der Waals surface area contributed by atoms with Crippen LogP contribution in [-0.4, -0.2) is 58.3 Å². The van der Waals surface area contributed by atoms with Crippen molar-refractivity contribution in [3.8, 4) is 5.75 Å². The van der Waals surface area contributed by atoms with Crippen molar-refractivity contribution in [3.63, 3.8) is 0 Å². The number of phenolic OH excluding ortho intramolecular Hbond substituents is 1. The van der Waals surface area contributed by atoms with Gasteiger partial charge in [-0.1, -0.05) is 0 Å². The van der Waals surface area contributed by atoms with Crippen LogP contribution in [-0.2, 0) is 4.79 Å². The fraction of sp³-hybridized carbons (Fsp3) is 0.385. The lowest BCUT2D eigenvalue weighted by Crippen LogP contribution is -2.38. The van der Waals surface area contributed by atoms with Crippen LogP contribution >= 0.6 is 0 Å². The van der Waals surface area contributed by atoms with Gasteiger partial charge in [-0.25, -0.2) is 0 Å². The first-order valence-corrected chi connectivity index (χ1v) is 6.41. The maximum atomic E-state index is 12.4. The molecule has 1 aliphatic heterocycles. The highest BCUT2D eigenvalue weighted by Crippen LogP contribution is 2.25. The zero-order valence-corrected chi connectivity index (χ0v) is 11.5. The number of benzene rings is 1. The fourth-order valence-electron chi connectivity index (χ4n) is 2.18. The van der Waals surface area contributed by atoms with Crippen LogP contribution in [0.25, 0.3) is 0 Å². The van der Waals surface area contributed by atoms with E-state index in [4.69, 9.17) is 0 Å². The highest BCUT2D eigenvalue weighted by Gasteiger charge is 2.28. The number of nitro benzene ring substituents is 1. The van der Waals surface area contributed by atoms with Crippen LogP contribution in [0.4, 0.5) is 5.69 Å². The molecule has 8 heteroatoms. The molecule has 1 aliphatic rings. The summed E-state index contributed by atoms with van der Waals surface area (Å²) in [5, 5.41) is 20.4. The molecule has 0 saturated carbocycles. The summed E-state index contributed by atoms with van der Waals surface area (Å²) in [5.41, 5.74) is -0.597. The second-order valence-corrected chi connectivity index (χ2v) is 4.85. The SMILES string of the molecule is CN1CCCN(C(=O)c2cc(O)ccc2[N+](=O)[O-])CC1=O. The lowest BCUT2D eigenvalue weighted by Gasteiger charge is -2.19. The first-order chi connectivity index (χ1) is 9.90. The van der Waals surface area contributed by atoms with E-state index in [1.165, 1.54) is 9.80 Å². The Labute approximate surface area is 120 Å². The van der Waals surface area contributed by atoms with Crippen molar-refractivity contribution >= 4 is 17.5 Å². The van der Waals surface area contributed by atoms with Gasteiger partial charge in [0.25, 0.3) is 11.6 Å². The number of nitrogens with zero attached hydrogens (tertiary/aromatic N) is 3. The van der Waals surface area contributed by atoms with E-state index >= 15 is 0 Å². The van der Waals surface area contributed by atoms with Crippen molar-refractivity contribution < 1.29 is 19.6 Å². The summed E-state index contributed by atoms with van der Waals surface area (Å²) >= 11 is 0. The minimum atomic E-state index is -0.682. The smallest absolute Gasteiger partial charge is 0.282 e. The molecule has 1 N–H and O–H groups in total. The molecule has 112 valence electrons. The molecule has 0 bridgehead atoms. The molecule has 2 amide bonds. The van der Waals surface area contributed by atoms with Crippen molar-refractivity contribution in [2.24, 2.45) is 0 Å². The molecule has 0 unspecified atom stereocenters. The van der Waals surface area contributed by atoms with E-state index in [1.807, 2.05) is 0 Å². The van der Waals surface area contributed by atoms with Gasteiger partial charge in [0.2, 0.25) is 5.91 Å². The Morgan fingerprint density at radius 2 is 2.10 bits per heavy atom. The van der Waals surface area contributed by atoms with Gasteiger partial charge in [0.05, 0.1) is 4.92 Å². The Kier molecular flexibility index (Phi) is 4.06. The molecule has 1 aromatic rings. The van der Waals surface area contributed by atoms with Gasteiger partial charge in [-0.15, -0.1) is 0 Å². The molecule has 1 saturated heterocycles. The Morgan fingerprint density at radius 1 is 1.38 bits per heavy atom. The van der Waals surface area contributed by atoms with Gasteiger partial charge >= 0.3 is 0 Å². The van der Waals surface area contributed by atoms with Crippen LogP contribution in [0.15, 0.2) is 18.2 Å². The zero-order valence-electron chi connectivity index (χ0n) is 11.5. The lowest BCUT2D eigenvalue weighted by molar-refractivity contribution is -0.385. The Morgan fingerprint density at radius 3 is 2.76 bits per heavy atom. The first-order valence-electron chi connectivity index (χ1n) is 6.41. The predicted octanol–water partition coefficient (Wildman–Crippen LogP) is 0.605. The molecule has 1 fully saturated rings. The van der Waals surface area contributed by atoms with E-state index in [0.717, 1.165) is 18.2 Å². The summed E-state index contributed by atoms with van der Waals surface area (Å²) in [6, 6.07) is 3.28. The quantitative estimate of drug-likeness (QED) is 0.635. The molecule has 0 aliphatic carbocycles. The standard InChI is InChI=1S/C13H15N3O5/c1-14-5-2-6-15(8-12(14)18)13(19)10-7-9(17)3-4-11(10)16(20)21/h3-4,7,17H,2,5-6,8H2,1H3. The topological polar surface area (TPSA) is 104 Å². The van der Waals surface area contributed by atoms with Crippen molar-refractivity contribution in [1.29, 1.82) is 0 Å². The number of carbonyl (C=O) groups is 2. The number of aromatic hydroxyl groups is 1. The maximum absolute atomic E-state index is 12.4. The second-order valence-electron chi connectivity index (χ2n) is 4.85. The number of hydrogen-bond acceptors (Lipinski definition) is 5. The lowest BCUT2D eigenvalue weighted by atomic mass is 10.1. The largest absolute Gasteiger partial charge is 0.508 e. The number of likely N-dealkylation sites (N-methyl/N-ethyl adjacent to an activating group) is 1. The highest BCUT2D eigenvalue weighted by atomic mass is 16.6. The normalized spacial score (nSPS) is 15.8. The summed E-state index contributed by atoms with van der Waals surface area (Å²) in [6.45, 7) is 0.745. The van der Waals surface area contributed by atoms with Gasteiger partial charge in [0.15, 0.2) is 0 Å². The average Bonchev–Trinajstić information content (AvgIpc) is 2.60. The van der Waals surface area contributed by atoms with Gasteiger partial charge in [0, 0.05) is 26.2 Å². The van der Waals surface area contributed by atoms with Gasteiger partial charge in [0.1, 0.15) is 17.9 Å². The average molecular weight is 293 g/mol. The summed E-state index contributed by atoms with van der Waals surface area (Å²) in [5.74, 6) is -1.08. The van der Waals surface area contributed by atoms with Crippen LogP contribution in [0.1, 0.15) is 16.8 Å². The number of nitro groups is 1. The molecule has 0 atom stereocenters. The Hall–Kier alpha value is -2.64. The first kappa shape index (κ1) is 14.8. The molecule has 1 aromatic carbocycles. The molecule has 0 spiro atoms. The zero-order chi connectivity index (χ0) is 15.6. The summed E-state index contributed by atoms with van der Waals surface area (Å²) < 4.78 is 0. The molecule has 21 heavy (non-hydrogen) atoms. The maximum Gasteiger partial charge on any atom is 0.282 e. The van der Waals surface area contributed by atoms with E-state index in [1.54, 1.807) is 7.05 Å². The number of phenols is 1. The third kappa shape index (κ3) is 3.10. The number of amides is 2. The van der Waals surface area contributed by atoms with Crippen LogP contribution in [0.2, 0.25) is 0 Å². The fourth-order valence-corrected chi connectivity index (χ4v) is 2.18. The Balaban J connectivity index is 2.33. The molecule has 0 radical (unpaired) electrons. The van der Waals surface area contributed by atoms with Crippen molar-refractivity contribution in [2.75, 3.05) is 26.7 Å². The third-order valence-corrected chi connectivity index (χ3v) is 3.37. The second kappa shape index (κ2) is 5.78. The monoisotopic (exact) mass is 293 g/mol. The molecule has 8 nitrogen and oxygen atoms in total. The van der Waals surface area contributed by atoms with Crippen LogP contribution in [0, 0.1) is 10.1 Å². The number of carbonyl (C=O) groups excluding carboxylic acids is 2. The van der Waals surface area contributed by atoms with Gasteiger partial charge in [-0.05, 0) is 18.6 Å². The Bertz CT molecular complexity index is 601. The van der Waals surface area contributed by atoms with Crippen molar-refractivity contribution in [3.05, 3.63) is 33.9 Å². The van der Waals surface area contributed by atoms with E-state index in [9.17, 15) is 24.8 Å². The third-order valence-electron chi connectivity index (χ3n) is 3.37. The van der Waals surface area contributed by atoms with Crippen LogP contribution < -0.4 is 0 Å². The summed E-state index contributed by atoms with van der Waals surface area (Å²) in [4.78, 5) is 37.3. The predicted molar refractivity (Wildman–Crippen MR) is 72.9 cm³/mol. The van der Waals surface area contributed by atoms with Gasteiger partial charge in [-0.3, -0.25) is 19.7 Å². The summed E-state index contributed by atoms with van der Waals surface area (Å²) in [7, 11) is 1.65. The molecular weight excluding hydrogens is 278 g/mol. The molecule has 0 aromatic heterocycles. The minimum absolute atomic E-state index is 0.123. The van der Waals surface area contributed by atoms with E-state index < -0.39 is 10.8 Å². The minimum Gasteiger partial charge on any atom is -0.508 e. The summed E-state index contributed by atoms with van der Waals surface area (Å²) in [6.07, 6.45) is 0.598. The van der Waals surface area contributed by atoms with E-state index in [-0.39, 0.29) is 29.5 Å². The van der Waals surface area contributed by atoms with Crippen molar-refractivity contribution in [1.82, 2.24) is 9.80 Å². The molecule has 1 heterocycles. The van der Waals surface area contributed by atoms with E-state index in [2.05, 4.69) is 0 Å². The van der Waals surface area contributed by atoms with Crippen LogP contribution in [0.3, 0.4) is 0 Å². The molecular formula is C13H15N3O5. The van der Waals surface area contributed by atoms with Crippen LogP contribution in [0.5, 0.6) is 5.75 Å². The van der Waals surface area contributed by atoms with E-state index in [0.29, 0.717) is 19.5 Å². The van der Waals surface area contributed by atoms with Gasteiger partial charge < -0.3 is 14.9 Å².